The molecule has 0 aromatic heterocycles. The van der Waals surface area contributed by atoms with Crippen molar-refractivity contribution < 1.29 is 9.53 Å². The maximum absolute atomic E-state index is 12.2. The van der Waals surface area contributed by atoms with Gasteiger partial charge in [0.15, 0.2) is 0 Å². The summed E-state index contributed by atoms with van der Waals surface area (Å²) in [7, 11) is 0. The highest BCUT2D eigenvalue weighted by Crippen LogP contribution is 2.35. The Morgan fingerprint density at radius 2 is 1.78 bits per heavy atom. The molecule has 1 aliphatic rings. The molecule has 98 valence electrons. The molecule has 0 saturated carbocycles. The van der Waals surface area contributed by atoms with Crippen LogP contribution in [0.15, 0.2) is 18.2 Å². The molecule has 18 heavy (non-hydrogen) atoms. The number of benzene rings is 1. The fraction of sp³-hybridized carbons (Fsp3) is 0.417. The molecule has 1 atom stereocenters. The second-order valence-electron chi connectivity index (χ2n) is 3.94. The van der Waals surface area contributed by atoms with Crippen molar-refractivity contribution in [2.24, 2.45) is 0 Å². The summed E-state index contributed by atoms with van der Waals surface area (Å²) < 4.78 is 5.19. The van der Waals surface area contributed by atoms with Crippen LogP contribution in [0.5, 0.6) is 0 Å². The van der Waals surface area contributed by atoms with E-state index in [-0.39, 0.29) is 5.91 Å². The molecule has 1 heterocycles. The number of nitrogens with zero attached hydrogens (tertiary/aromatic N) is 1. The van der Waals surface area contributed by atoms with Gasteiger partial charge in [-0.25, -0.2) is 0 Å². The number of alkyl halides is 1. The van der Waals surface area contributed by atoms with Gasteiger partial charge in [0, 0.05) is 28.7 Å². The molecule has 2 rings (SSSR count). The van der Waals surface area contributed by atoms with E-state index in [4.69, 9.17) is 39.5 Å². The van der Waals surface area contributed by atoms with Crippen molar-refractivity contribution in [1.82, 2.24) is 4.90 Å². The number of ether oxygens (including phenoxy) is 1. The van der Waals surface area contributed by atoms with Crippen LogP contribution in [0.2, 0.25) is 10.0 Å². The number of rotatable bonds is 2. The van der Waals surface area contributed by atoms with E-state index in [1.54, 1.807) is 23.1 Å². The number of hydrogen-bond acceptors (Lipinski definition) is 2. The number of hydrogen-bond donors (Lipinski definition) is 0. The first-order valence-corrected chi connectivity index (χ1v) is 6.75. The van der Waals surface area contributed by atoms with Gasteiger partial charge >= 0.3 is 0 Å². The zero-order chi connectivity index (χ0) is 13.1. The lowest BCUT2D eigenvalue weighted by atomic mass is 10.1. The standard InChI is InChI=1S/C12H12Cl3NO2/c13-8-2-1-3-9(14)10(8)11(15)12(17)16-4-6-18-7-5-16/h1-3,11H,4-7H2. The average molecular weight is 309 g/mol. The van der Waals surface area contributed by atoms with Crippen LogP contribution >= 0.6 is 34.8 Å². The topological polar surface area (TPSA) is 29.5 Å². The maximum Gasteiger partial charge on any atom is 0.245 e. The molecular weight excluding hydrogens is 296 g/mol. The molecule has 1 fully saturated rings. The van der Waals surface area contributed by atoms with E-state index in [2.05, 4.69) is 0 Å². The van der Waals surface area contributed by atoms with Gasteiger partial charge in [-0.15, -0.1) is 11.6 Å². The summed E-state index contributed by atoms with van der Waals surface area (Å²) in [6, 6.07) is 5.06. The molecule has 1 aromatic carbocycles. The van der Waals surface area contributed by atoms with Crippen molar-refractivity contribution in [2.75, 3.05) is 26.3 Å². The van der Waals surface area contributed by atoms with E-state index in [1.165, 1.54) is 0 Å². The molecule has 0 radical (unpaired) electrons. The van der Waals surface area contributed by atoms with Crippen LogP contribution in [0, 0.1) is 0 Å². The molecule has 3 nitrogen and oxygen atoms in total. The van der Waals surface area contributed by atoms with Crippen molar-refractivity contribution in [3.8, 4) is 0 Å². The van der Waals surface area contributed by atoms with Crippen LogP contribution in [-0.4, -0.2) is 37.1 Å². The lowest BCUT2D eigenvalue weighted by molar-refractivity contribution is -0.134. The van der Waals surface area contributed by atoms with Gasteiger partial charge in [-0.1, -0.05) is 29.3 Å². The number of carbonyl (C=O) groups excluding carboxylic acids is 1. The normalized spacial score (nSPS) is 17.6. The van der Waals surface area contributed by atoms with Gasteiger partial charge in [-0.2, -0.15) is 0 Å². The maximum atomic E-state index is 12.2. The highest BCUT2D eigenvalue weighted by atomic mass is 35.5. The van der Waals surface area contributed by atoms with E-state index < -0.39 is 5.38 Å². The van der Waals surface area contributed by atoms with Gasteiger partial charge in [-0.05, 0) is 12.1 Å². The molecule has 0 aliphatic carbocycles. The third-order valence-electron chi connectivity index (χ3n) is 2.79. The van der Waals surface area contributed by atoms with Crippen molar-refractivity contribution in [3.63, 3.8) is 0 Å². The first kappa shape index (κ1) is 13.9. The zero-order valence-corrected chi connectivity index (χ0v) is 11.8. The molecule has 0 bridgehead atoms. The van der Waals surface area contributed by atoms with E-state index in [0.717, 1.165) is 0 Å². The van der Waals surface area contributed by atoms with Crippen molar-refractivity contribution in [3.05, 3.63) is 33.8 Å². The summed E-state index contributed by atoms with van der Waals surface area (Å²) in [6.45, 7) is 2.16. The molecule has 1 saturated heterocycles. The Kier molecular flexibility index (Phi) is 4.73. The minimum atomic E-state index is -0.857. The Hall–Kier alpha value is -0.480. The number of carbonyl (C=O) groups is 1. The molecule has 1 aliphatic heterocycles. The molecule has 6 heteroatoms. The first-order chi connectivity index (χ1) is 8.61. The van der Waals surface area contributed by atoms with Gasteiger partial charge in [0.25, 0.3) is 0 Å². The number of halogens is 3. The van der Waals surface area contributed by atoms with Crippen molar-refractivity contribution >= 4 is 40.7 Å². The highest BCUT2D eigenvalue weighted by Gasteiger charge is 2.28. The fourth-order valence-corrected chi connectivity index (χ4v) is 2.92. The van der Waals surface area contributed by atoms with Gasteiger partial charge in [0.2, 0.25) is 5.91 Å². The van der Waals surface area contributed by atoms with Crippen molar-refractivity contribution in [1.29, 1.82) is 0 Å². The van der Waals surface area contributed by atoms with Crippen LogP contribution in [0.25, 0.3) is 0 Å². The lowest BCUT2D eigenvalue weighted by Gasteiger charge is -2.29. The molecule has 1 unspecified atom stereocenters. The number of amides is 1. The van der Waals surface area contributed by atoms with E-state index in [9.17, 15) is 4.79 Å². The predicted molar refractivity (Wildman–Crippen MR) is 72.5 cm³/mol. The average Bonchev–Trinajstić information content (AvgIpc) is 2.38. The molecule has 1 aromatic rings. The highest BCUT2D eigenvalue weighted by molar-refractivity contribution is 6.40. The first-order valence-electron chi connectivity index (χ1n) is 5.56. The predicted octanol–water partition coefficient (Wildman–Crippen LogP) is 3.13. The smallest absolute Gasteiger partial charge is 0.245 e. The minimum Gasteiger partial charge on any atom is -0.378 e. The van der Waals surface area contributed by atoms with E-state index in [1.807, 2.05) is 0 Å². The molecule has 1 amide bonds. The van der Waals surface area contributed by atoms with Gasteiger partial charge in [0.1, 0.15) is 5.38 Å². The molecule has 0 N–H and O–H groups in total. The zero-order valence-electron chi connectivity index (χ0n) is 9.54. The lowest BCUT2D eigenvalue weighted by Crippen LogP contribution is -2.42. The quantitative estimate of drug-likeness (QED) is 0.786. The summed E-state index contributed by atoms with van der Waals surface area (Å²) in [5.74, 6) is -0.185. The molecule has 0 spiro atoms. The van der Waals surface area contributed by atoms with E-state index in [0.29, 0.717) is 41.9 Å². The number of morpholine rings is 1. The Bertz CT molecular complexity index is 427. The Morgan fingerprint density at radius 1 is 1.22 bits per heavy atom. The van der Waals surface area contributed by atoms with Gasteiger partial charge in [-0.3, -0.25) is 4.79 Å². The summed E-state index contributed by atoms with van der Waals surface area (Å²) >= 11 is 18.3. The van der Waals surface area contributed by atoms with Crippen molar-refractivity contribution in [2.45, 2.75) is 5.38 Å². The monoisotopic (exact) mass is 307 g/mol. The van der Waals surface area contributed by atoms with Crippen LogP contribution in [0.3, 0.4) is 0 Å². The summed E-state index contributed by atoms with van der Waals surface area (Å²) in [5, 5.41) is -0.0440. The Morgan fingerprint density at radius 3 is 2.33 bits per heavy atom. The van der Waals surface area contributed by atoms with Gasteiger partial charge < -0.3 is 9.64 Å². The summed E-state index contributed by atoms with van der Waals surface area (Å²) in [4.78, 5) is 13.9. The van der Waals surface area contributed by atoms with Crippen LogP contribution in [0.4, 0.5) is 0 Å². The van der Waals surface area contributed by atoms with E-state index >= 15 is 0 Å². The minimum absolute atomic E-state index is 0.185. The van der Waals surface area contributed by atoms with Crippen LogP contribution in [-0.2, 0) is 9.53 Å². The summed E-state index contributed by atoms with van der Waals surface area (Å²) in [6.07, 6.45) is 0. The van der Waals surface area contributed by atoms with Gasteiger partial charge in [0.05, 0.1) is 13.2 Å². The SMILES string of the molecule is O=C(C(Cl)c1c(Cl)cccc1Cl)N1CCOCC1. The Balaban J connectivity index is 2.19. The second-order valence-corrected chi connectivity index (χ2v) is 5.19. The Labute approximate surface area is 121 Å². The van der Waals surface area contributed by atoms with Crippen LogP contribution in [0.1, 0.15) is 10.9 Å². The third kappa shape index (κ3) is 2.91. The largest absolute Gasteiger partial charge is 0.378 e. The molecular formula is C12H12Cl3NO2. The fourth-order valence-electron chi connectivity index (χ4n) is 1.82. The summed E-state index contributed by atoms with van der Waals surface area (Å²) in [5.41, 5.74) is 0.471. The second kappa shape index (κ2) is 6.11. The van der Waals surface area contributed by atoms with Crippen LogP contribution < -0.4 is 0 Å². The third-order valence-corrected chi connectivity index (χ3v) is 3.86.